The Kier molecular flexibility index (Phi) is 6.87. The average molecular weight is 459 g/mol. The highest BCUT2D eigenvalue weighted by Gasteiger charge is 2.37. The SMILES string of the molecule is C=CCN(C(=O)OCc1ccccc1)c1cnc2n(c1=O)C(C(=O)Nc1ccccc1)CC2C. The molecule has 2 atom stereocenters. The number of hydrogen-bond donors (Lipinski definition) is 1. The Morgan fingerprint density at radius 1 is 1.18 bits per heavy atom. The van der Waals surface area contributed by atoms with E-state index in [1.165, 1.54) is 21.7 Å². The molecule has 174 valence electrons. The van der Waals surface area contributed by atoms with Gasteiger partial charge in [0.25, 0.3) is 5.56 Å². The van der Waals surface area contributed by atoms with Gasteiger partial charge in [0.05, 0.1) is 6.20 Å². The molecule has 0 aliphatic carbocycles. The molecule has 2 heterocycles. The number of para-hydroxylation sites is 1. The summed E-state index contributed by atoms with van der Waals surface area (Å²) in [5, 5.41) is 2.86. The molecule has 0 saturated carbocycles. The van der Waals surface area contributed by atoms with Crippen molar-refractivity contribution in [1.29, 1.82) is 0 Å². The summed E-state index contributed by atoms with van der Waals surface area (Å²) in [5.74, 6) is 0.115. The van der Waals surface area contributed by atoms with Crippen LogP contribution >= 0.6 is 0 Å². The number of benzene rings is 2. The fourth-order valence-corrected chi connectivity index (χ4v) is 4.04. The number of amides is 2. The lowest BCUT2D eigenvalue weighted by atomic mass is 10.1. The van der Waals surface area contributed by atoms with Crippen molar-refractivity contribution in [2.75, 3.05) is 16.8 Å². The average Bonchev–Trinajstić information content (AvgIpc) is 3.20. The molecule has 8 heteroatoms. The number of hydrogen-bond acceptors (Lipinski definition) is 5. The summed E-state index contributed by atoms with van der Waals surface area (Å²) in [7, 11) is 0. The minimum absolute atomic E-state index is 0.0355. The number of aromatic nitrogens is 2. The van der Waals surface area contributed by atoms with Crippen LogP contribution in [0.3, 0.4) is 0 Å². The van der Waals surface area contributed by atoms with Gasteiger partial charge in [0.2, 0.25) is 5.91 Å². The van der Waals surface area contributed by atoms with E-state index in [1.54, 1.807) is 12.1 Å². The number of carbonyl (C=O) groups is 2. The smallest absolute Gasteiger partial charge is 0.415 e. The zero-order valence-electron chi connectivity index (χ0n) is 18.9. The van der Waals surface area contributed by atoms with E-state index in [4.69, 9.17) is 4.74 Å². The Hall–Kier alpha value is -4.20. The Labute approximate surface area is 197 Å². The van der Waals surface area contributed by atoms with Crippen molar-refractivity contribution < 1.29 is 14.3 Å². The minimum Gasteiger partial charge on any atom is -0.444 e. The number of fused-ring (bicyclic) bond motifs is 1. The lowest BCUT2D eigenvalue weighted by Crippen LogP contribution is -2.40. The normalized spacial score (nSPS) is 16.4. The van der Waals surface area contributed by atoms with Crippen LogP contribution in [0.5, 0.6) is 0 Å². The fourth-order valence-electron chi connectivity index (χ4n) is 4.04. The molecule has 0 saturated heterocycles. The highest BCUT2D eigenvalue weighted by atomic mass is 16.6. The van der Waals surface area contributed by atoms with E-state index in [2.05, 4.69) is 16.9 Å². The maximum Gasteiger partial charge on any atom is 0.415 e. The Morgan fingerprint density at radius 3 is 2.53 bits per heavy atom. The molecule has 3 aromatic rings. The molecular formula is C26H26N4O4. The predicted octanol–water partition coefficient (Wildman–Crippen LogP) is 4.26. The van der Waals surface area contributed by atoms with E-state index in [0.29, 0.717) is 17.9 Å². The standard InChI is InChI=1S/C26H26N4O4/c1-3-14-29(26(33)34-17-19-10-6-4-7-11-19)22-16-27-23-18(2)15-21(30(23)25(22)32)24(31)28-20-12-8-5-9-13-20/h3-13,16,18,21H,1,14-15,17H2,2H3,(H,28,31). The highest BCUT2D eigenvalue weighted by molar-refractivity contribution is 5.94. The van der Waals surface area contributed by atoms with E-state index in [1.807, 2.05) is 55.5 Å². The predicted molar refractivity (Wildman–Crippen MR) is 130 cm³/mol. The monoisotopic (exact) mass is 458 g/mol. The molecule has 34 heavy (non-hydrogen) atoms. The number of nitrogens with one attached hydrogen (secondary N) is 1. The first kappa shape index (κ1) is 23.0. The maximum atomic E-state index is 13.5. The Morgan fingerprint density at radius 2 is 1.85 bits per heavy atom. The van der Waals surface area contributed by atoms with Gasteiger partial charge in [-0.3, -0.25) is 19.1 Å². The van der Waals surface area contributed by atoms with Crippen LogP contribution in [0, 0.1) is 0 Å². The van der Waals surface area contributed by atoms with Crippen molar-refractivity contribution in [2.45, 2.75) is 31.9 Å². The van der Waals surface area contributed by atoms with Crippen LogP contribution in [0.25, 0.3) is 0 Å². The van der Waals surface area contributed by atoms with E-state index in [-0.39, 0.29) is 30.7 Å². The summed E-state index contributed by atoms with van der Waals surface area (Å²) < 4.78 is 6.82. The first-order valence-corrected chi connectivity index (χ1v) is 11.1. The van der Waals surface area contributed by atoms with Crippen molar-refractivity contribution in [3.63, 3.8) is 0 Å². The number of ether oxygens (including phenoxy) is 1. The quantitative estimate of drug-likeness (QED) is 0.534. The molecule has 4 rings (SSSR count). The molecular weight excluding hydrogens is 432 g/mol. The number of rotatable bonds is 7. The number of carbonyl (C=O) groups excluding carboxylic acids is 2. The van der Waals surface area contributed by atoms with Crippen LogP contribution in [0.15, 0.2) is 84.3 Å². The van der Waals surface area contributed by atoms with Gasteiger partial charge in [-0.25, -0.2) is 9.78 Å². The summed E-state index contributed by atoms with van der Waals surface area (Å²) in [6.45, 7) is 5.73. The van der Waals surface area contributed by atoms with Gasteiger partial charge in [0.15, 0.2) is 0 Å². The van der Waals surface area contributed by atoms with Gasteiger partial charge in [0.1, 0.15) is 24.2 Å². The zero-order chi connectivity index (χ0) is 24.1. The van der Waals surface area contributed by atoms with Gasteiger partial charge in [0, 0.05) is 18.2 Å². The first-order valence-electron chi connectivity index (χ1n) is 11.1. The number of anilines is 2. The molecule has 1 aromatic heterocycles. The van der Waals surface area contributed by atoms with Crippen LogP contribution in [-0.2, 0) is 16.1 Å². The van der Waals surface area contributed by atoms with Gasteiger partial charge < -0.3 is 10.1 Å². The zero-order valence-corrected chi connectivity index (χ0v) is 18.9. The van der Waals surface area contributed by atoms with Gasteiger partial charge >= 0.3 is 6.09 Å². The summed E-state index contributed by atoms with van der Waals surface area (Å²) in [4.78, 5) is 45.1. The van der Waals surface area contributed by atoms with Crippen LogP contribution in [-0.4, -0.2) is 28.1 Å². The first-order chi connectivity index (χ1) is 16.5. The second-order valence-corrected chi connectivity index (χ2v) is 8.12. The molecule has 0 radical (unpaired) electrons. The molecule has 2 amide bonds. The van der Waals surface area contributed by atoms with E-state index in [9.17, 15) is 14.4 Å². The van der Waals surface area contributed by atoms with Gasteiger partial charge in [-0.1, -0.05) is 61.5 Å². The fraction of sp³-hybridized carbons (Fsp3) is 0.231. The molecule has 8 nitrogen and oxygen atoms in total. The summed E-state index contributed by atoms with van der Waals surface area (Å²) in [6.07, 6.45) is 2.61. The van der Waals surface area contributed by atoms with E-state index in [0.717, 1.165) is 5.56 Å². The van der Waals surface area contributed by atoms with Crippen LogP contribution in [0.2, 0.25) is 0 Å². The topological polar surface area (TPSA) is 93.5 Å². The third-order valence-electron chi connectivity index (χ3n) is 5.71. The summed E-state index contributed by atoms with van der Waals surface area (Å²) in [5.41, 5.74) is 1.03. The third-order valence-corrected chi connectivity index (χ3v) is 5.71. The van der Waals surface area contributed by atoms with Crippen molar-refractivity contribution in [3.05, 3.63) is 101 Å². The van der Waals surface area contributed by atoms with Crippen LogP contribution in [0.4, 0.5) is 16.2 Å². The molecule has 2 unspecified atom stereocenters. The lowest BCUT2D eigenvalue weighted by molar-refractivity contribution is -0.119. The highest BCUT2D eigenvalue weighted by Crippen LogP contribution is 2.34. The number of nitrogens with zero attached hydrogens (tertiary/aromatic N) is 3. The molecule has 1 aliphatic heterocycles. The van der Waals surface area contributed by atoms with Gasteiger partial charge in [-0.05, 0) is 24.1 Å². The second kappa shape index (κ2) is 10.2. The van der Waals surface area contributed by atoms with Crippen molar-refractivity contribution in [1.82, 2.24) is 9.55 Å². The maximum absolute atomic E-state index is 13.5. The second-order valence-electron chi connectivity index (χ2n) is 8.12. The van der Waals surface area contributed by atoms with Crippen molar-refractivity contribution in [2.24, 2.45) is 0 Å². The van der Waals surface area contributed by atoms with Crippen molar-refractivity contribution in [3.8, 4) is 0 Å². The van der Waals surface area contributed by atoms with Gasteiger partial charge in [-0.2, -0.15) is 0 Å². The molecule has 0 spiro atoms. The van der Waals surface area contributed by atoms with Gasteiger partial charge in [-0.15, -0.1) is 6.58 Å². The minimum atomic E-state index is -0.740. The lowest BCUT2D eigenvalue weighted by Gasteiger charge is -2.22. The van der Waals surface area contributed by atoms with E-state index < -0.39 is 17.7 Å². The molecule has 0 bridgehead atoms. The molecule has 2 aromatic carbocycles. The van der Waals surface area contributed by atoms with Crippen molar-refractivity contribution >= 4 is 23.4 Å². The van der Waals surface area contributed by atoms with Crippen LogP contribution < -0.4 is 15.8 Å². The molecule has 1 N–H and O–H groups in total. The molecule has 1 aliphatic rings. The van der Waals surface area contributed by atoms with Crippen LogP contribution in [0.1, 0.15) is 36.7 Å². The molecule has 0 fully saturated rings. The Bertz CT molecular complexity index is 1240. The third kappa shape index (κ3) is 4.76. The summed E-state index contributed by atoms with van der Waals surface area (Å²) >= 11 is 0. The summed E-state index contributed by atoms with van der Waals surface area (Å²) in [6, 6.07) is 17.6. The largest absolute Gasteiger partial charge is 0.444 e. The van der Waals surface area contributed by atoms with E-state index >= 15 is 0 Å². The Balaban J connectivity index is 1.61.